The molecule has 0 atom stereocenters. The van der Waals surface area contributed by atoms with Gasteiger partial charge in [0.1, 0.15) is 17.9 Å². The molecule has 0 aliphatic heterocycles. The SMILES string of the molecule is O=C(O)Cc1ccc(-c2ccccc2)o1. The molecule has 0 spiro atoms. The van der Waals surface area contributed by atoms with Crippen LogP contribution in [-0.4, -0.2) is 11.1 Å². The van der Waals surface area contributed by atoms with Crippen molar-refractivity contribution in [1.82, 2.24) is 0 Å². The number of carbonyl (C=O) groups is 1. The van der Waals surface area contributed by atoms with Crippen LogP contribution in [-0.2, 0) is 11.2 Å². The normalized spacial score (nSPS) is 10.1. The van der Waals surface area contributed by atoms with Gasteiger partial charge in [0.2, 0.25) is 0 Å². The molecule has 3 heteroatoms. The molecule has 0 saturated heterocycles. The molecule has 0 radical (unpaired) electrons. The molecule has 1 aromatic carbocycles. The van der Waals surface area contributed by atoms with Crippen molar-refractivity contribution < 1.29 is 14.3 Å². The van der Waals surface area contributed by atoms with Gasteiger partial charge < -0.3 is 9.52 Å². The molecule has 1 heterocycles. The minimum Gasteiger partial charge on any atom is -0.481 e. The number of rotatable bonds is 3. The van der Waals surface area contributed by atoms with Gasteiger partial charge in [0.25, 0.3) is 0 Å². The van der Waals surface area contributed by atoms with E-state index in [4.69, 9.17) is 9.52 Å². The van der Waals surface area contributed by atoms with Gasteiger partial charge in [-0.2, -0.15) is 0 Å². The predicted octanol–water partition coefficient (Wildman–Crippen LogP) is 2.57. The predicted molar refractivity (Wildman–Crippen MR) is 55.5 cm³/mol. The van der Waals surface area contributed by atoms with Gasteiger partial charge in [-0.15, -0.1) is 0 Å². The van der Waals surface area contributed by atoms with Crippen LogP contribution in [0.1, 0.15) is 5.76 Å². The van der Waals surface area contributed by atoms with Crippen LogP contribution in [0, 0.1) is 0 Å². The van der Waals surface area contributed by atoms with Crippen LogP contribution in [0.15, 0.2) is 46.9 Å². The molecule has 1 N–H and O–H groups in total. The molecule has 1 aromatic heterocycles. The summed E-state index contributed by atoms with van der Waals surface area (Å²) in [7, 11) is 0. The number of hydrogen-bond donors (Lipinski definition) is 1. The van der Waals surface area contributed by atoms with Gasteiger partial charge >= 0.3 is 5.97 Å². The van der Waals surface area contributed by atoms with E-state index in [0.29, 0.717) is 11.5 Å². The topological polar surface area (TPSA) is 50.4 Å². The largest absolute Gasteiger partial charge is 0.481 e. The Morgan fingerprint density at radius 1 is 1.13 bits per heavy atom. The first-order chi connectivity index (χ1) is 7.25. The molecular weight excluding hydrogens is 192 g/mol. The van der Waals surface area contributed by atoms with E-state index >= 15 is 0 Å². The number of aliphatic carboxylic acids is 1. The third kappa shape index (κ3) is 2.26. The van der Waals surface area contributed by atoms with E-state index in [1.54, 1.807) is 12.1 Å². The van der Waals surface area contributed by atoms with E-state index in [-0.39, 0.29) is 6.42 Å². The Morgan fingerprint density at radius 3 is 2.53 bits per heavy atom. The molecule has 76 valence electrons. The van der Waals surface area contributed by atoms with Crippen molar-refractivity contribution in [3.05, 3.63) is 48.2 Å². The first-order valence-electron chi connectivity index (χ1n) is 4.61. The third-order valence-corrected chi connectivity index (χ3v) is 2.05. The minimum absolute atomic E-state index is 0.0766. The first kappa shape index (κ1) is 9.52. The number of carboxylic acid groups (broad SMARTS) is 1. The Hall–Kier alpha value is -2.03. The lowest BCUT2D eigenvalue weighted by Crippen LogP contribution is -1.97. The molecular formula is C12H10O3. The van der Waals surface area contributed by atoms with Crippen molar-refractivity contribution >= 4 is 5.97 Å². The quantitative estimate of drug-likeness (QED) is 0.832. The first-order valence-corrected chi connectivity index (χ1v) is 4.61. The molecule has 0 amide bonds. The van der Waals surface area contributed by atoms with Gasteiger partial charge in [-0.25, -0.2) is 0 Å². The highest BCUT2D eigenvalue weighted by Gasteiger charge is 2.07. The van der Waals surface area contributed by atoms with Crippen molar-refractivity contribution in [3.8, 4) is 11.3 Å². The number of carboxylic acids is 1. The van der Waals surface area contributed by atoms with E-state index in [9.17, 15) is 4.79 Å². The number of hydrogen-bond acceptors (Lipinski definition) is 2. The van der Waals surface area contributed by atoms with Crippen molar-refractivity contribution in [1.29, 1.82) is 0 Å². The van der Waals surface area contributed by atoms with Crippen LogP contribution in [0.5, 0.6) is 0 Å². The molecule has 2 aromatic rings. The van der Waals surface area contributed by atoms with Crippen LogP contribution < -0.4 is 0 Å². The van der Waals surface area contributed by atoms with Crippen molar-refractivity contribution in [2.45, 2.75) is 6.42 Å². The molecule has 3 nitrogen and oxygen atoms in total. The van der Waals surface area contributed by atoms with Crippen LogP contribution in [0.2, 0.25) is 0 Å². The van der Waals surface area contributed by atoms with Gasteiger partial charge in [-0.3, -0.25) is 4.79 Å². The summed E-state index contributed by atoms with van der Waals surface area (Å²) in [6.07, 6.45) is -0.0766. The van der Waals surface area contributed by atoms with E-state index < -0.39 is 5.97 Å². The van der Waals surface area contributed by atoms with Crippen LogP contribution in [0.25, 0.3) is 11.3 Å². The van der Waals surface area contributed by atoms with E-state index in [2.05, 4.69) is 0 Å². The summed E-state index contributed by atoms with van der Waals surface area (Å²) >= 11 is 0. The highest BCUT2D eigenvalue weighted by atomic mass is 16.4. The fourth-order valence-corrected chi connectivity index (χ4v) is 1.38. The number of benzene rings is 1. The second-order valence-electron chi connectivity index (χ2n) is 3.20. The van der Waals surface area contributed by atoms with Crippen LogP contribution in [0.4, 0.5) is 0 Å². The van der Waals surface area contributed by atoms with Gasteiger partial charge in [0.15, 0.2) is 0 Å². The maximum absolute atomic E-state index is 10.5. The van der Waals surface area contributed by atoms with Gasteiger partial charge in [0.05, 0.1) is 0 Å². The molecule has 0 aliphatic carbocycles. The maximum atomic E-state index is 10.5. The molecule has 0 unspecified atom stereocenters. The van der Waals surface area contributed by atoms with Gasteiger partial charge in [-0.1, -0.05) is 30.3 Å². The molecule has 0 bridgehead atoms. The van der Waals surface area contributed by atoms with E-state index in [1.807, 2.05) is 30.3 Å². The van der Waals surface area contributed by atoms with Gasteiger partial charge in [0, 0.05) is 5.56 Å². The summed E-state index contributed by atoms with van der Waals surface area (Å²) in [6, 6.07) is 13.1. The maximum Gasteiger partial charge on any atom is 0.311 e. The zero-order chi connectivity index (χ0) is 10.7. The summed E-state index contributed by atoms with van der Waals surface area (Å²) in [5.41, 5.74) is 0.953. The Kier molecular flexibility index (Phi) is 2.54. The Morgan fingerprint density at radius 2 is 1.87 bits per heavy atom. The summed E-state index contributed by atoms with van der Waals surface area (Å²) in [6.45, 7) is 0. The second kappa shape index (κ2) is 4.00. The molecule has 0 saturated carbocycles. The van der Waals surface area contributed by atoms with Crippen molar-refractivity contribution in [2.75, 3.05) is 0 Å². The average molecular weight is 202 g/mol. The number of furan rings is 1. The average Bonchev–Trinajstić information content (AvgIpc) is 2.67. The summed E-state index contributed by atoms with van der Waals surface area (Å²) in [4.78, 5) is 10.5. The summed E-state index contributed by atoms with van der Waals surface area (Å²) < 4.78 is 5.40. The van der Waals surface area contributed by atoms with E-state index in [0.717, 1.165) is 5.56 Å². The fourth-order valence-electron chi connectivity index (χ4n) is 1.38. The minimum atomic E-state index is -0.885. The van der Waals surface area contributed by atoms with E-state index in [1.165, 1.54) is 0 Å². The highest BCUT2D eigenvalue weighted by Crippen LogP contribution is 2.21. The zero-order valence-corrected chi connectivity index (χ0v) is 8.01. The lowest BCUT2D eigenvalue weighted by Gasteiger charge is -1.95. The standard InChI is InChI=1S/C12H10O3/c13-12(14)8-10-6-7-11(15-10)9-4-2-1-3-5-9/h1-7H,8H2,(H,13,14). The Balaban J connectivity index is 2.24. The molecule has 0 fully saturated rings. The zero-order valence-electron chi connectivity index (χ0n) is 8.01. The van der Waals surface area contributed by atoms with Crippen LogP contribution >= 0.6 is 0 Å². The van der Waals surface area contributed by atoms with Crippen molar-refractivity contribution in [2.24, 2.45) is 0 Å². The monoisotopic (exact) mass is 202 g/mol. The molecule has 2 rings (SSSR count). The summed E-state index contributed by atoms with van der Waals surface area (Å²) in [5.74, 6) is 0.289. The molecule has 0 aliphatic rings. The highest BCUT2D eigenvalue weighted by molar-refractivity contribution is 5.69. The third-order valence-electron chi connectivity index (χ3n) is 2.05. The molecule has 15 heavy (non-hydrogen) atoms. The lowest BCUT2D eigenvalue weighted by atomic mass is 10.2. The van der Waals surface area contributed by atoms with Crippen LogP contribution in [0.3, 0.4) is 0 Å². The Labute approximate surface area is 87.0 Å². The Bertz CT molecular complexity index is 457. The second-order valence-corrected chi connectivity index (χ2v) is 3.20. The lowest BCUT2D eigenvalue weighted by molar-refractivity contribution is -0.136. The van der Waals surface area contributed by atoms with Crippen molar-refractivity contribution in [3.63, 3.8) is 0 Å². The summed E-state index contributed by atoms with van der Waals surface area (Å²) in [5, 5.41) is 8.59. The fraction of sp³-hybridized carbons (Fsp3) is 0.0833. The smallest absolute Gasteiger partial charge is 0.311 e. The van der Waals surface area contributed by atoms with Gasteiger partial charge in [-0.05, 0) is 12.1 Å².